The van der Waals surface area contributed by atoms with Gasteiger partial charge in [0, 0.05) is 18.0 Å². The van der Waals surface area contributed by atoms with E-state index >= 15 is 0 Å². The second-order valence-electron chi connectivity index (χ2n) is 8.09. The molecular weight excluding hydrogens is 552 g/mol. The summed E-state index contributed by atoms with van der Waals surface area (Å²) < 4.78 is 17.4. The fourth-order valence-corrected chi connectivity index (χ4v) is 5.82. The monoisotopic (exact) mass is 580 g/mol. The lowest BCUT2D eigenvalue weighted by atomic mass is 10.1. The van der Waals surface area contributed by atoms with Crippen LogP contribution in [0.1, 0.15) is 50.3 Å². The molecule has 2 aromatic heterocycles. The minimum absolute atomic E-state index is 0.0300. The van der Waals surface area contributed by atoms with Crippen LogP contribution in [0.25, 0.3) is 0 Å². The maximum atomic E-state index is 12.7. The molecule has 0 fully saturated rings. The van der Waals surface area contributed by atoms with Crippen molar-refractivity contribution in [3.63, 3.8) is 0 Å². The highest BCUT2D eigenvalue weighted by atomic mass is 35.5. The second-order valence-corrected chi connectivity index (χ2v) is 10.5. The normalized spacial score (nSPS) is 10.8. The molecule has 0 atom stereocenters. The number of hydrogen-bond donors (Lipinski definition) is 1. The van der Waals surface area contributed by atoms with Gasteiger partial charge in [-0.25, -0.2) is 9.59 Å². The van der Waals surface area contributed by atoms with Gasteiger partial charge in [-0.05, 0) is 56.5 Å². The first-order valence-electron chi connectivity index (χ1n) is 11.7. The number of thiophene rings is 1. The Labute approximate surface area is 234 Å². The molecule has 1 aromatic carbocycles. The summed E-state index contributed by atoms with van der Waals surface area (Å²) in [6.07, 6.45) is 1.40. The number of carbonyl (C=O) groups is 3. The van der Waals surface area contributed by atoms with Crippen LogP contribution in [0.5, 0.6) is 5.75 Å². The van der Waals surface area contributed by atoms with E-state index in [2.05, 4.69) is 15.5 Å². The Balaban J connectivity index is 1.59. The molecule has 0 radical (unpaired) electrons. The number of anilines is 1. The molecule has 0 saturated carbocycles. The summed E-state index contributed by atoms with van der Waals surface area (Å²) in [6.45, 7) is 6.69. The predicted octanol–water partition coefficient (Wildman–Crippen LogP) is 4.95. The number of esters is 2. The van der Waals surface area contributed by atoms with Crippen LogP contribution >= 0.6 is 34.7 Å². The van der Waals surface area contributed by atoms with Gasteiger partial charge in [-0.15, -0.1) is 21.5 Å². The molecule has 10 nitrogen and oxygen atoms in total. The van der Waals surface area contributed by atoms with Gasteiger partial charge in [0.25, 0.3) is 0 Å². The number of methoxy groups -OCH3 is 2. The number of aryl methyl sites for hydroxylation is 2. The molecular formula is C25H29ClN4O6S2. The third-order valence-corrected chi connectivity index (χ3v) is 7.93. The van der Waals surface area contributed by atoms with Crippen molar-refractivity contribution in [2.75, 3.05) is 31.9 Å². The molecule has 3 aromatic rings. The van der Waals surface area contributed by atoms with Crippen molar-refractivity contribution in [3.8, 4) is 5.75 Å². The zero-order valence-electron chi connectivity index (χ0n) is 21.8. The number of carbonyl (C=O) groups excluding carboxylic acids is 3. The lowest BCUT2D eigenvalue weighted by Crippen LogP contribution is -2.16. The summed E-state index contributed by atoms with van der Waals surface area (Å²) >= 11 is 8.19. The highest BCUT2D eigenvalue weighted by Crippen LogP contribution is 2.34. The molecule has 2 heterocycles. The molecule has 1 amide bonds. The number of nitrogens with zero attached hydrogens (tertiary/aromatic N) is 3. The van der Waals surface area contributed by atoms with Crippen LogP contribution in [0.15, 0.2) is 23.4 Å². The Hall–Kier alpha value is -3.09. The van der Waals surface area contributed by atoms with Crippen LogP contribution in [-0.2, 0) is 27.2 Å². The first-order chi connectivity index (χ1) is 18.2. The van der Waals surface area contributed by atoms with Gasteiger partial charge in [0.1, 0.15) is 21.5 Å². The lowest BCUT2D eigenvalue weighted by molar-refractivity contribution is -0.113. The second kappa shape index (κ2) is 13.6. The number of benzene rings is 1. The van der Waals surface area contributed by atoms with Gasteiger partial charge in [-0.3, -0.25) is 4.79 Å². The van der Waals surface area contributed by atoms with Crippen LogP contribution in [0.3, 0.4) is 0 Å². The van der Waals surface area contributed by atoms with Crippen molar-refractivity contribution in [1.82, 2.24) is 14.8 Å². The Kier molecular flexibility index (Phi) is 10.6. The number of ether oxygens (including phenoxy) is 3. The molecule has 0 aliphatic rings. The average Bonchev–Trinajstić information content (AvgIpc) is 3.44. The van der Waals surface area contributed by atoms with E-state index in [-0.39, 0.29) is 27.1 Å². The maximum Gasteiger partial charge on any atom is 0.348 e. The van der Waals surface area contributed by atoms with E-state index in [1.54, 1.807) is 13.0 Å². The number of thioether (sulfide) groups is 1. The van der Waals surface area contributed by atoms with E-state index in [1.807, 2.05) is 30.5 Å². The molecule has 0 aliphatic heterocycles. The van der Waals surface area contributed by atoms with Crippen molar-refractivity contribution >= 4 is 57.5 Å². The highest BCUT2D eigenvalue weighted by molar-refractivity contribution is 7.99. The smallest absolute Gasteiger partial charge is 0.348 e. The molecule has 0 saturated heterocycles. The number of halogens is 1. The standard InChI is InChI=1S/C25H29ClN4O6S2/c1-6-30-18(8-7-11-36-17-10-9-16(26)12-14(17)2)28-29-25(30)37-13-19(31)27-22-20(23(32)34-4)15(3)21(38-22)24(33)35-5/h9-10,12H,6-8,11,13H2,1-5H3,(H,27,31). The van der Waals surface area contributed by atoms with E-state index in [0.717, 1.165) is 34.9 Å². The van der Waals surface area contributed by atoms with Gasteiger partial charge in [-0.2, -0.15) is 0 Å². The first-order valence-corrected chi connectivity index (χ1v) is 13.9. The van der Waals surface area contributed by atoms with Gasteiger partial charge in [0.15, 0.2) is 5.16 Å². The topological polar surface area (TPSA) is 122 Å². The summed E-state index contributed by atoms with van der Waals surface area (Å²) in [5.41, 5.74) is 1.50. The Morgan fingerprint density at radius 2 is 1.87 bits per heavy atom. The molecule has 0 spiro atoms. The number of aromatic nitrogens is 3. The summed E-state index contributed by atoms with van der Waals surface area (Å²) in [7, 11) is 2.48. The number of hydrogen-bond acceptors (Lipinski definition) is 10. The highest BCUT2D eigenvalue weighted by Gasteiger charge is 2.27. The lowest BCUT2D eigenvalue weighted by Gasteiger charge is -2.10. The van der Waals surface area contributed by atoms with Crippen molar-refractivity contribution in [3.05, 3.63) is 50.6 Å². The van der Waals surface area contributed by atoms with Crippen molar-refractivity contribution in [2.45, 2.75) is 45.3 Å². The van der Waals surface area contributed by atoms with Crippen LogP contribution < -0.4 is 10.1 Å². The van der Waals surface area contributed by atoms with Crippen LogP contribution in [0.2, 0.25) is 5.02 Å². The minimum atomic E-state index is -0.651. The van der Waals surface area contributed by atoms with Crippen molar-refractivity contribution in [1.29, 1.82) is 0 Å². The fraction of sp³-hybridized carbons (Fsp3) is 0.400. The molecule has 1 N–H and O–H groups in total. The first kappa shape index (κ1) is 29.5. The van der Waals surface area contributed by atoms with Crippen LogP contribution in [0.4, 0.5) is 5.00 Å². The number of rotatable bonds is 12. The van der Waals surface area contributed by atoms with Crippen LogP contribution in [-0.4, -0.2) is 59.2 Å². The van der Waals surface area contributed by atoms with Crippen LogP contribution in [0, 0.1) is 13.8 Å². The van der Waals surface area contributed by atoms with E-state index in [1.165, 1.54) is 26.0 Å². The van der Waals surface area contributed by atoms with Crippen molar-refractivity contribution in [2.24, 2.45) is 0 Å². The Morgan fingerprint density at radius 1 is 1.13 bits per heavy atom. The van der Waals surface area contributed by atoms with Gasteiger partial charge in [0.2, 0.25) is 5.91 Å². The summed E-state index contributed by atoms with van der Waals surface area (Å²) in [6, 6.07) is 5.51. The van der Waals surface area contributed by atoms with Gasteiger partial charge < -0.3 is 24.1 Å². The molecule has 13 heteroatoms. The van der Waals surface area contributed by atoms with E-state index in [4.69, 9.17) is 25.8 Å². The van der Waals surface area contributed by atoms with Gasteiger partial charge in [-0.1, -0.05) is 23.4 Å². The largest absolute Gasteiger partial charge is 0.493 e. The zero-order chi connectivity index (χ0) is 27.8. The summed E-state index contributed by atoms with van der Waals surface area (Å²) in [4.78, 5) is 37.3. The molecule has 204 valence electrons. The average molecular weight is 581 g/mol. The Bertz CT molecular complexity index is 1320. The predicted molar refractivity (Wildman–Crippen MR) is 147 cm³/mol. The number of nitrogens with one attached hydrogen (secondary N) is 1. The molecule has 0 unspecified atom stereocenters. The molecule has 0 bridgehead atoms. The van der Waals surface area contributed by atoms with E-state index in [9.17, 15) is 14.4 Å². The molecule has 0 aliphatic carbocycles. The third-order valence-electron chi connectivity index (χ3n) is 5.54. The summed E-state index contributed by atoms with van der Waals surface area (Å²) in [5.74, 6) is 0.0198. The fourth-order valence-electron chi connectivity index (χ4n) is 3.65. The zero-order valence-corrected chi connectivity index (χ0v) is 24.1. The Morgan fingerprint density at radius 3 is 2.53 bits per heavy atom. The SMILES string of the molecule is CCn1c(CCCOc2ccc(Cl)cc2C)nnc1SCC(=O)Nc1sc(C(=O)OC)c(C)c1C(=O)OC. The number of amides is 1. The summed E-state index contributed by atoms with van der Waals surface area (Å²) in [5, 5.41) is 12.8. The van der Waals surface area contributed by atoms with E-state index in [0.29, 0.717) is 35.3 Å². The quantitative estimate of drug-likeness (QED) is 0.180. The molecule has 3 rings (SSSR count). The third kappa shape index (κ3) is 7.06. The van der Waals surface area contributed by atoms with E-state index < -0.39 is 11.9 Å². The van der Waals surface area contributed by atoms with Gasteiger partial charge in [0.05, 0.1) is 32.1 Å². The minimum Gasteiger partial charge on any atom is -0.493 e. The van der Waals surface area contributed by atoms with Crippen molar-refractivity contribution < 1.29 is 28.6 Å². The maximum absolute atomic E-state index is 12.7. The van der Waals surface area contributed by atoms with Gasteiger partial charge >= 0.3 is 11.9 Å². The molecule has 38 heavy (non-hydrogen) atoms.